The van der Waals surface area contributed by atoms with Crippen molar-refractivity contribution in [1.82, 2.24) is 4.57 Å². The van der Waals surface area contributed by atoms with Crippen LogP contribution in [0.4, 0.5) is 5.69 Å². The van der Waals surface area contributed by atoms with E-state index in [1.807, 2.05) is 59.3 Å². The first kappa shape index (κ1) is 16.6. The molecule has 0 unspecified atom stereocenters. The molecule has 25 heavy (non-hydrogen) atoms. The third-order valence-electron chi connectivity index (χ3n) is 3.59. The van der Waals surface area contributed by atoms with Gasteiger partial charge in [0.15, 0.2) is 0 Å². The number of rotatable bonds is 4. The van der Waals surface area contributed by atoms with Gasteiger partial charge < -0.3 is 9.88 Å². The van der Waals surface area contributed by atoms with E-state index in [0.717, 1.165) is 11.4 Å². The van der Waals surface area contributed by atoms with Crippen molar-refractivity contribution < 1.29 is 4.79 Å². The van der Waals surface area contributed by atoms with Gasteiger partial charge in [-0.05, 0) is 42.5 Å². The Hall–Kier alpha value is -3.29. The Kier molecular flexibility index (Phi) is 4.98. The number of hydrogen-bond acceptors (Lipinski definition) is 2. The summed E-state index contributed by atoms with van der Waals surface area (Å²) >= 11 is 6.04. The Morgan fingerprint density at radius 2 is 1.76 bits per heavy atom. The topological polar surface area (TPSA) is 57.8 Å². The normalized spacial score (nSPS) is 11.0. The van der Waals surface area contributed by atoms with Gasteiger partial charge in [0, 0.05) is 17.6 Å². The standard InChI is InChI=1S/C20H14ClN3O/c21-18-10-4-5-11-19(18)23-20(25)15(14-22)13-17-9-6-12-24(17)16-7-2-1-3-8-16/h1-13H,(H,23,25)/b15-13-. The molecule has 4 nitrogen and oxygen atoms in total. The third kappa shape index (κ3) is 3.79. The number of para-hydroxylation sites is 2. The number of benzene rings is 2. The van der Waals surface area contributed by atoms with Crippen molar-refractivity contribution in [3.05, 3.63) is 89.2 Å². The number of carbonyl (C=O) groups excluding carboxylic acids is 1. The van der Waals surface area contributed by atoms with Gasteiger partial charge >= 0.3 is 0 Å². The molecular formula is C20H14ClN3O. The maximum atomic E-state index is 12.4. The van der Waals surface area contributed by atoms with Gasteiger partial charge in [-0.25, -0.2) is 0 Å². The molecule has 0 bridgehead atoms. The summed E-state index contributed by atoms with van der Waals surface area (Å²) in [4.78, 5) is 12.4. The van der Waals surface area contributed by atoms with Gasteiger partial charge in [-0.1, -0.05) is 41.9 Å². The predicted molar refractivity (Wildman–Crippen MR) is 99.4 cm³/mol. The fraction of sp³-hybridized carbons (Fsp3) is 0. The van der Waals surface area contributed by atoms with Crippen molar-refractivity contribution in [2.45, 2.75) is 0 Å². The number of nitrogens with zero attached hydrogens (tertiary/aromatic N) is 2. The Morgan fingerprint density at radius 1 is 1.04 bits per heavy atom. The summed E-state index contributed by atoms with van der Waals surface area (Å²) in [5.41, 5.74) is 2.14. The molecule has 0 radical (unpaired) electrons. The average Bonchev–Trinajstić information content (AvgIpc) is 3.10. The fourth-order valence-electron chi connectivity index (χ4n) is 2.38. The number of carbonyl (C=O) groups is 1. The lowest BCUT2D eigenvalue weighted by atomic mass is 10.2. The number of nitriles is 1. The van der Waals surface area contributed by atoms with E-state index in [4.69, 9.17) is 11.6 Å². The van der Waals surface area contributed by atoms with E-state index in [0.29, 0.717) is 10.7 Å². The molecule has 0 aliphatic carbocycles. The molecule has 122 valence electrons. The van der Waals surface area contributed by atoms with E-state index in [1.165, 1.54) is 0 Å². The van der Waals surface area contributed by atoms with Gasteiger partial charge in [-0.2, -0.15) is 5.26 Å². The van der Waals surface area contributed by atoms with Crippen LogP contribution in [0.25, 0.3) is 11.8 Å². The van der Waals surface area contributed by atoms with Gasteiger partial charge in [0.25, 0.3) is 5.91 Å². The second-order valence-electron chi connectivity index (χ2n) is 5.24. The zero-order valence-electron chi connectivity index (χ0n) is 13.2. The maximum absolute atomic E-state index is 12.4. The molecule has 0 spiro atoms. The molecule has 2 aromatic carbocycles. The van der Waals surface area contributed by atoms with Gasteiger partial charge in [0.05, 0.1) is 10.7 Å². The van der Waals surface area contributed by atoms with Crippen LogP contribution < -0.4 is 5.32 Å². The SMILES string of the molecule is N#C/C(=C/c1cccn1-c1ccccc1)C(=O)Nc1ccccc1Cl. The van der Waals surface area contributed by atoms with Crippen molar-refractivity contribution in [3.8, 4) is 11.8 Å². The smallest absolute Gasteiger partial charge is 0.266 e. The highest BCUT2D eigenvalue weighted by Crippen LogP contribution is 2.21. The van der Waals surface area contributed by atoms with Gasteiger partial charge in [-0.15, -0.1) is 0 Å². The zero-order valence-corrected chi connectivity index (χ0v) is 13.9. The van der Waals surface area contributed by atoms with E-state index in [2.05, 4.69) is 5.32 Å². The lowest BCUT2D eigenvalue weighted by Gasteiger charge is -2.08. The van der Waals surface area contributed by atoms with Crippen LogP contribution in [0.5, 0.6) is 0 Å². The average molecular weight is 348 g/mol. The summed E-state index contributed by atoms with van der Waals surface area (Å²) in [7, 11) is 0. The number of hydrogen-bond donors (Lipinski definition) is 1. The Morgan fingerprint density at radius 3 is 2.48 bits per heavy atom. The minimum absolute atomic E-state index is 0.00389. The highest BCUT2D eigenvalue weighted by Gasteiger charge is 2.12. The molecule has 0 fully saturated rings. The minimum Gasteiger partial charge on any atom is -0.320 e. The molecule has 1 N–H and O–H groups in total. The van der Waals surface area contributed by atoms with Crippen molar-refractivity contribution in [3.63, 3.8) is 0 Å². The van der Waals surface area contributed by atoms with E-state index < -0.39 is 5.91 Å². The van der Waals surface area contributed by atoms with Crippen LogP contribution in [-0.2, 0) is 4.79 Å². The number of amides is 1. The number of aromatic nitrogens is 1. The largest absolute Gasteiger partial charge is 0.320 e. The van der Waals surface area contributed by atoms with Crippen LogP contribution >= 0.6 is 11.6 Å². The molecule has 0 saturated carbocycles. The fourth-order valence-corrected chi connectivity index (χ4v) is 2.57. The highest BCUT2D eigenvalue weighted by atomic mass is 35.5. The molecular weight excluding hydrogens is 334 g/mol. The van der Waals surface area contributed by atoms with Gasteiger partial charge in [0.2, 0.25) is 0 Å². The van der Waals surface area contributed by atoms with Crippen LogP contribution in [0, 0.1) is 11.3 Å². The first-order chi connectivity index (χ1) is 12.2. The zero-order chi connectivity index (χ0) is 17.6. The van der Waals surface area contributed by atoms with Crippen molar-refractivity contribution in [2.24, 2.45) is 0 Å². The quantitative estimate of drug-likeness (QED) is 0.550. The van der Waals surface area contributed by atoms with Gasteiger partial charge in [-0.3, -0.25) is 4.79 Å². The molecule has 0 aliphatic rings. The lowest BCUT2D eigenvalue weighted by molar-refractivity contribution is -0.112. The molecule has 0 atom stereocenters. The highest BCUT2D eigenvalue weighted by molar-refractivity contribution is 6.34. The Labute approximate surface area is 150 Å². The number of halogens is 1. The van der Waals surface area contributed by atoms with Crippen molar-refractivity contribution in [2.75, 3.05) is 5.32 Å². The molecule has 1 heterocycles. The molecule has 3 aromatic rings. The van der Waals surface area contributed by atoms with E-state index in [1.54, 1.807) is 30.3 Å². The van der Waals surface area contributed by atoms with Crippen LogP contribution in [-0.4, -0.2) is 10.5 Å². The molecule has 0 aliphatic heterocycles. The summed E-state index contributed by atoms with van der Waals surface area (Å²) < 4.78 is 1.90. The Bertz CT molecular complexity index is 968. The molecule has 1 aromatic heterocycles. The van der Waals surface area contributed by atoms with E-state index >= 15 is 0 Å². The summed E-state index contributed by atoms with van der Waals surface area (Å²) in [6.07, 6.45) is 3.43. The van der Waals surface area contributed by atoms with Crippen molar-refractivity contribution >= 4 is 29.3 Å². The van der Waals surface area contributed by atoms with Crippen LogP contribution in [0.15, 0.2) is 78.5 Å². The summed E-state index contributed by atoms with van der Waals surface area (Å²) in [6, 6.07) is 22.2. The predicted octanol–water partition coefficient (Wildman–Crippen LogP) is 4.68. The second kappa shape index (κ2) is 7.52. The van der Waals surface area contributed by atoms with Crippen molar-refractivity contribution in [1.29, 1.82) is 5.26 Å². The summed E-state index contributed by atoms with van der Waals surface area (Å²) in [5.74, 6) is -0.503. The molecule has 0 saturated heterocycles. The van der Waals surface area contributed by atoms with Crippen LogP contribution in [0.3, 0.4) is 0 Å². The summed E-state index contributed by atoms with van der Waals surface area (Å²) in [5, 5.41) is 12.5. The monoisotopic (exact) mass is 347 g/mol. The van der Waals surface area contributed by atoms with Crippen LogP contribution in [0.2, 0.25) is 5.02 Å². The summed E-state index contributed by atoms with van der Waals surface area (Å²) in [6.45, 7) is 0. The Balaban J connectivity index is 1.90. The first-order valence-electron chi connectivity index (χ1n) is 7.59. The second-order valence-corrected chi connectivity index (χ2v) is 5.65. The van der Waals surface area contributed by atoms with Gasteiger partial charge in [0.1, 0.15) is 11.6 Å². The minimum atomic E-state index is -0.503. The molecule has 5 heteroatoms. The molecule has 3 rings (SSSR count). The number of anilines is 1. The van der Waals surface area contributed by atoms with E-state index in [9.17, 15) is 10.1 Å². The lowest BCUT2D eigenvalue weighted by Crippen LogP contribution is -2.14. The number of nitrogens with one attached hydrogen (secondary N) is 1. The third-order valence-corrected chi connectivity index (χ3v) is 3.92. The first-order valence-corrected chi connectivity index (χ1v) is 7.97. The molecule has 1 amide bonds. The van der Waals surface area contributed by atoms with E-state index in [-0.39, 0.29) is 5.57 Å². The van der Waals surface area contributed by atoms with Crippen LogP contribution in [0.1, 0.15) is 5.69 Å². The maximum Gasteiger partial charge on any atom is 0.266 e.